The monoisotopic (exact) mass is 305 g/mol. The molecule has 6 nitrogen and oxygen atoms in total. The van der Waals surface area contributed by atoms with Crippen molar-refractivity contribution >= 4 is 17.7 Å². The summed E-state index contributed by atoms with van der Waals surface area (Å²) < 4.78 is 7.15. The van der Waals surface area contributed by atoms with Crippen LogP contribution in [0.1, 0.15) is 0 Å². The zero-order valence-corrected chi connectivity index (χ0v) is 12.3. The molecule has 0 spiro atoms. The fraction of sp³-hybridized carbons (Fsp3) is 0.214. The Morgan fingerprint density at radius 3 is 2.90 bits per heavy atom. The lowest BCUT2D eigenvalue weighted by Gasteiger charge is -2.10. The molecule has 0 aliphatic rings. The van der Waals surface area contributed by atoms with Crippen LogP contribution in [0.4, 0.5) is 0 Å². The molecule has 0 saturated heterocycles. The van der Waals surface area contributed by atoms with E-state index < -0.39 is 5.97 Å². The molecular weight excluding hydrogens is 290 g/mol. The molecule has 0 saturated carbocycles. The van der Waals surface area contributed by atoms with Crippen LogP contribution in [-0.2, 0) is 11.3 Å². The van der Waals surface area contributed by atoms with Crippen LogP contribution in [0, 0.1) is 0 Å². The van der Waals surface area contributed by atoms with E-state index in [4.69, 9.17) is 9.84 Å². The first kappa shape index (κ1) is 15.1. The summed E-state index contributed by atoms with van der Waals surface area (Å²) in [4.78, 5) is 10.7. The van der Waals surface area contributed by atoms with Gasteiger partial charge in [-0.3, -0.25) is 9.36 Å². The van der Waals surface area contributed by atoms with Crippen LogP contribution >= 0.6 is 11.8 Å². The summed E-state index contributed by atoms with van der Waals surface area (Å²) in [5.74, 6) is 0.346. The third kappa shape index (κ3) is 3.43. The number of rotatable bonds is 7. The molecule has 7 heteroatoms. The van der Waals surface area contributed by atoms with Gasteiger partial charge < -0.3 is 9.84 Å². The summed E-state index contributed by atoms with van der Waals surface area (Å²) in [6, 6.07) is 7.48. The quantitative estimate of drug-likeness (QED) is 0.625. The third-order valence-electron chi connectivity index (χ3n) is 2.70. The van der Waals surface area contributed by atoms with Crippen molar-refractivity contribution in [2.45, 2.75) is 11.7 Å². The SMILES string of the molecule is C=CCn1c(SCC(=O)O)nnc1-c1ccccc1OC. The average Bonchev–Trinajstić information content (AvgIpc) is 2.88. The summed E-state index contributed by atoms with van der Waals surface area (Å²) in [5.41, 5.74) is 0.802. The van der Waals surface area contributed by atoms with E-state index in [1.54, 1.807) is 13.2 Å². The number of carbonyl (C=O) groups is 1. The van der Waals surface area contributed by atoms with Gasteiger partial charge in [0.2, 0.25) is 0 Å². The fourth-order valence-corrected chi connectivity index (χ4v) is 2.51. The van der Waals surface area contributed by atoms with Gasteiger partial charge in [0, 0.05) is 6.54 Å². The van der Waals surface area contributed by atoms with Crippen LogP contribution < -0.4 is 4.74 Å². The van der Waals surface area contributed by atoms with Crippen molar-refractivity contribution in [1.29, 1.82) is 0 Å². The predicted molar refractivity (Wildman–Crippen MR) is 80.6 cm³/mol. The van der Waals surface area contributed by atoms with Gasteiger partial charge in [0.05, 0.1) is 18.4 Å². The summed E-state index contributed by atoms with van der Waals surface area (Å²) in [5, 5.41) is 17.6. The van der Waals surface area contributed by atoms with E-state index in [1.807, 2.05) is 28.8 Å². The van der Waals surface area contributed by atoms with Gasteiger partial charge in [0.15, 0.2) is 11.0 Å². The number of hydrogen-bond donors (Lipinski definition) is 1. The number of thioether (sulfide) groups is 1. The highest BCUT2D eigenvalue weighted by Gasteiger charge is 2.17. The molecule has 0 aliphatic carbocycles. The van der Waals surface area contributed by atoms with Crippen LogP contribution in [-0.4, -0.2) is 38.7 Å². The first-order chi connectivity index (χ1) is 10.2. The Bertz CT molecular complexity index is 655. The molecule has 0 amide bonds. The number of para-hydroxylation sites is 1. The molecule has 0 atom stereocenters. The number of benzene rings is 1. The van der Waals surface area contributed by atoms with Gasteiger partial charge in [-0.05, 0) is 12.1 Å². The molecule has 0 aliphatic heterocycles. The van der Waals surface area contributed by atoms with Crippen molar-refractivity contribution in [3.8, 4) is 17.1 Å². The van der Waals surface area contributed by atoms with Gasteiger partial charge in [0.1, 0.15) is 5.75 Å². The van der Waals surface area contributed by atoms with E-state index in [2.05, 4.69) is 16.8 Å². The van der Waals surface area contributed by atoms with Crippen LogP contribution in [0.25, 0.3) is 11.4 Å². The molecule has 1 N–H and O–H groups in total. The number of carboxylic acids is 1. The molecule has 1 heterocycles. The maximum atomic E-state index is 10.7. The van der Waals surface area contributed by atoms with Crippen LogP contribution in [0.15, 0.2) is 42.1 Å². The molecule has 0 unspecified atom stereocenters. The number of carboxylic acid groups (broad SMARTS) is 1. The van der Waals surface area contributed by atoms with Gasteiger partial charge in [-0.25, -0.2) is 0 Å². The Labute approximate surface area is 126 Å². The topological polar surface area (TPSA) is 77.2 Å². The summed E-state index contributed by atoms with van der Waals surface area (Å²) in [7, 11) is 1.59. The second-order valence-electron chi connectivity index (χ2n) is 4.09. The maximum Gasteiger partial charge on any atom is 0.313 e. The van der Waals surface area contributed by atoms with Crippen molar-refractivity contribution in [3.05, 3.63) is 36.9 Å². The molecule has 2 aromatic rings. The zero-order valence-electron chi connectivity index (χ0n) is 11.5. The van der Waals surface area contributed by atoms with E-state index in [0.29, 0.717) is 23.3 Å². The van der Waals surface area contributed by atoms with E-state index in [1.165, 1.54) is 0 Å². The lowest BCUT2D eigenvalue weighted by atomic mass is 10.2. The molecule has 2 rings (SSSR count). The average molecular weight is 305 g/mol. The second kappa shape index (κ2) is 6.94. The predicted octanol–water partition coefficient (Wildman–Crippen LogP) is 2.32. The number of aromatic nitrogens is 3. The number of aliphatic carboxylic acids is 1. The van der Waals surface area contributed by atoms with Gasteiger partial charge >= 0.3 is 5.97 Å². The highest BCUT2D eigenvalue weighted by atomic mass is 32.2. The van der Waals surface area contributed by atoms with E-state index in [9.17, 15) is 4.79 Å². The largest absolute Gasteiger partial charge is 0.496 e. The molecule has 110 valence electrons. The normalized spacial score (nSPS) is 10.3. The molecule has 0 radical (unpaired) electrons. The van der Waals surface area contributed by atoms with Gasteiger partial charge in [0.25, 0.3) is 0 Å². The molecule has 0 bridgehead atoms. The van der Waals surface area contributed by atoms with E-state index in [-0.39, 0.29) is 5.75 Å². The minimum atomic E-state index is -0.896. The summed E-state index contributed by atoms with van der Waals surface area (Å²) >= 11 is 1.13. The maximum absolute atomic E-state index is 10.7. The molecular formula is C14H15N3O3S. The van der Waals surface area contributed by atoms with E-state index >= 15 is 0 Å². The van der Waals surface area contributed by atoms with Crippen molar-refractivity contribution < 1.29 is 14.6 Å². The van der Waals surface area contributed by atoms with Crippen molar-refractivity contribution in [1.82, 2.24) is 14.8 Å². The number of methoxy groups -OCH3 is 1. The molecule has 1 aromatic heterocycles. The Kier molecular flexibility index (Phi) is 4.99. The minimum absolute atomic E-state index is 0.0683. The third-order valence-corrected chi connectivity index (χ3v) is 3.65. The highest BCUT2D eigenvalue weighted by molar-refractivity contribution is 7.99. The van der Waals surface area contributed by atoms with Gasteiger partial charge in [-0.2, -0.15) is 0 Å². The molecule has 0 fully saturated rings. The van der Waals surface area contributed by atoms with Gasteiger partial charge in [-0.15, -0.1) is 16.8 Å². The van der Waals surface area contributed by atoms with Crippen molar-refractivity contribution in [3.63, 3.8) is 0 Å². The van der Waals surface area contributed by atoms with Crippen LogP contribution in [0.5, 0.6) is 5.75 Å². The molecule has 1 aromatic carbocycles. The summed E-state index contributed by atoms with van der Waals surface area (Å²) in [6.45, 7) is 4.20. The Morgan fingerprint density at radius 2 is 2.24 bits per heavy atom. The standard InChI is InChI=1S/C14H15N3O3S/c1-3-8-17-13(10-6-4-5-7-11(10)20-2)15-16-14(17)21-9-12(18)19/h3-7H,1,8-9H2,2H3,(H,18,19). The van der Waals surface area contributed by atoms with Crippen molar-refractivity contribution in [2.24, 2.45) is 0 Å². The Balaban J connectivity index is 2.43. The van der Waals surface area contributed by atoms with E-state index in [0.717, 1.165) is 17.3 Å². The van der Waals surface area contributed by atoms with Crippen LogP contribution in [0.3, 0.4) is 0 Å². The first-order valence-corrected chi connectivity index (χ1v) is 7.18. The number of allylic oxidation sites excluding steroid dienone is 1. The Hall–Kier alpha value is -2.28. The fourth-order valence-electron chi connectivity index (χ4n) is 1.84. The summed E-state index contributed by atoms with van der Waals surface area (Å²) in [6.07, 6.45) is 1.72. The molecule has 21 heavy (non-hydrogen) atoms. The lowest BCUT2D eigenvalue weighted by molar-refractivity contribution is -0.133. The lowest BCUT2D eigenvalue weighted by Crippen LogP contribution is -2.04. The van der Waals surface area contributed by atoms with Crippen LogP contribution in [0.2, 0.25) is 0 Å². The number of ether oxygens (including phenoxy) is 1. The number of nitrogens with zero attached hydrogens (tertiary/aromatic N) is 3. The highest BCUT2D eigenvalue weighted by Crippen LogP contribution is 2.30. The van der Waals surface area contributed by atoms with Crippen molar-refractivity contribution in [2.75, 3.05) is 12.9 Å². The second-order valence-corrected chi connectivity index (χ2v) is 5.03. The smallest absolute Gasteiger partial charge is 0.313 e. The number of hydrogen-bond acceptors (Lipinski definition) is 5. The zero-order chi connectivity index (χ0) is 15.2. The first-order valence-electron chi connectivity index (χ1n) is 6.19. The minimum Gasteiger partial charge on any atom is -0.496 e. The van der Waals surface area contributed by atoms with Gasteiger partial charge in [-0.1, -0.05) is 30.0 Å². The Morgan fingerprint density at radius 1 is 1.48 bits per heavy atom.